The Morgan fingerprint density at radius 2 is 1.69 bits per heavy atom. The Hall–Kier alpha value is -3.30. The molecule has 0 atom stereocenters. The standard InChI is InChI=1S/C20H18FN3O4S/c1-29(27,28)24(17-9-7-16(21)8-10-17)18-11-12-22-19(13-18)20(25)23(26)14-15-5-3-2-4-6-15/h2-13,26H,14H2,1H3. The molecule has 0 aliphatic carbocycles. The number of pyridine rings is 1. The zero-order chi connectivity index (χ0) is 21.0. The molecule has 0 fully saturated rings. The molecule has 2 aromatic carbocycles. The monoisotopic (exact) mass is 415 g/mol. The second-order valence-electron chi connectivity index (χ2n) is 6.25. The van der Waals surface area contributed by atoms with Gasteiger partial charge in [0, 0.05) is 6.20 Å². The largest absolute Gasteiger partial charge is 0.296 e. The van der Waals surface area contributed by atoms with Crippen LogP contribution >= 0.6 is 0 Å². The smallest absolute Gasteiger partial charge is 0.285 e. The number of rotatable bonds is 6. The van der Waals surface area contributed by atoms with Crippen molar-refractivity contribution < 1.29 is 22.8 Å². The van der Waals surface area contributed by atoms with E-state index in [2.05, 4.69) is 4.98 Å². The molecule has 0 unspecified atom stereocenters. The van der Waals surface area contributed by atoms with Gasteiger partial charge in [0.1, 0.15) is 11.5 Å². The highest BCUT2D eigenvalue weighted by Gasteiger charge is 2.23. The van der Waals surface area contributed by atoms with Crippen LogP contribution in [-0.4, -0.2) is 35.8 Å². The Morgan fingerprint density at radius 3 is 2.31 bits per heavy atom. The van der Waals surface area contributed by atoms with Crippen molar-refractivity contribution in [3.63, 3.8) is 0 Å². The van der Waals surface area contributed by atoms with Gasteiger partial charge in [-0.05, 0) is 42.0 Å². The highest BCUT2D eigenvalue weighted by Crippen LogP contribution is 2.29. The van der Waals surface area contributed by atoms with Gasteiger partial charge in [-0.1, -0.05) is 30.3 Å². The normalized spacial score (nSPS) is 11.1. The number of amides is 1. The van der Waals surface area contributed by atoms with Gasteiger partial charge < -0.3 is 0 Å². The molecule has 0 saturated heterocycles. The summed E-state index contributed by atoms with van der Waals surface area (Å²) < 4.78 is 38.9. The summed E-state index contributed by atoms with van der Waals surface area (Å²) in [5.74, 6) is -1.30. The first-order chi connectivity index (χ1) is 13.8. The highest BCUT2D eigenvalue weighted by atomic mass is 32.2. The van der Waals surface area contributed by atoms with Crippen molar-refractivity contribution in [3.8, 4) is 0 Å². The fourth-order valence-corrected chi connectivity index (χ4v) is 3.73. The number of hydrogen-bond donors (Lipinski definition) is 1. The molecule has 0 aliphatic heterocycles. The Bertz CT molecular complexity index is 1110. The molecule has 1 amide bonds. The molecule has 0 saturated carbocycles. The van der Waals surface area contributed by atoms with Crippen molar-refractivity contribution in [3.05, 3.63) is 90.0 Å². The number of anilines is 2. The summed E-state index contributed by atoms with van der Waals surface area (Å²) in [4.78, 5) is 16.5. The van der Waals surface area contributed by atoms with E-state index >= 15 is 0 Å². The van der Waals surface area contributed by atoms with Crippen LogP contribution in [0.3, 0.4) is 0 Å². The molecular weight excluding hydrogens is 397 g/mol. The molecule has 1 aromatic heterocycles. The summed E-state index contributed by atoms with van der Waals surface area (Å²) >= 11 is 0. The average molecular weight is 415 g/mol. The van der Waals surface area contributed by atoms with Gasteiger partial charge in [0.2, 0.25) is 10.0 Å². The molecule has 3 rings (SSSR count). The lowest BCUT2D eigenvalue weighted by Gasteiger charge is -2.23. The Labute approximate surface area is 167 Å². The van der Waals surface area contributed by atoms with Gasteiger partial charge in [-0.15, -0.1) is 0 Å². The third kappa shape index (κ3) is 4.95. The maximum Gasteiger partial charge on any atom is 0.296 e. The molecule has 29 heavy (non-hydrogen) atoms. The topological polar surface area (TPSA) is 90.8 Å². The fraction of sp³-hybridized carbons (Fsp3) is 0.100. The summed E-state index contributed by atoms with van der Waals surface area (Å²) in [6, 6.07) is 16.4. The van der Waals surface area contributed by atoms with Crippen molar-refractivity contribution in [1.82, 2.24) is 10.0 Å². The molecule has 0 aliphatic rings. The molecule has 150 valence electrons. The molecule has 1 N–H and O–H groups in total. The predicted molar refractivity (Wildman–Crippen MR) is 106 cm³/mol. The van der Waals surface area contributed by atoms with Crippen molar-refractivity contribution in [2.75, 3.05) is 10.6 Å². The van der Waals surface area contributed by atoms with E-state index in [1.165, 1.54) is 30.5 Å². The predicted octanol–water partition coefficient (Wildman–Crippen LogP) is 3.35. The van der Waals surface area contributed by atoms with E-state index in [-0.39, 0.29) is 23.6 Å². The Balaban J connectivity index is 1.92. The van der Waals surface area contributed by atoms with E-state index in [0.717, 1.165) is 22.7 Å². The summed E-state index contributed by atoms with van der Waals surface area (Å²) in [5, 5.41) is 10.6. The molecule has 0 bridgehead atoms. The van der Waals surface area contributed by atoms with Gasteiger partial charge in [-0.3, -0.25) is 15.0 Å². The summed E-state index contributed by atoms with van der Waals surface area (Å²) in [6.45, 7) is -0.0562. The van der Waals surface area contributed by atoms with Crippen LogP contribution in [0.1, 0.15) is 16.1 Å². The zero-order valence-corrected chi connectivity index (χ0v) is 16.3. The van der Waals surface area contributed by atoms with E-state index in [4.69, 9.17) is 0 Å². The maximum atomic E-state index is 13.2. The van der Waals surface area contributed by atoms with Gasteiger partial charge >= 0.3 is 0 Å². The lowest BCUT2D eigenvalue weighted by atomic mass is 10.2. The second kappa shape index (κ2) is 8.38. The number of halogens is 1. The van der Waals surface area contributed by atoms with Crippen LogP contribution in [0.15, 0.2) is 72.9 Å². The van der Waals surface area contributed by atoms with Crippen LogP contribution in [0.5, 0.6) is 0 Å². The number of hydrogen-bond acceptors (Lipinski definition) is 5. The van der Waals surface area contributed by atoms with E-state index in [1.54, 1.807) is 24.3 Å². The number of aromatic nitrogens is 1. The summed E-state index contributed by atoms with van der Waals surface area (Å²) in [7, 11) is -3.80. The van der Waals surface area contributed by atoms with Crippen molar-refractivity contribution in [2.45, 2.75) is 6.54 Å². The van der Waals surface area contributed by atoms with Crippen LogP contribution in [0.25, 0.3) is 0 Å². The van der Waals surface area contributed by atoms with Gasteiger partial charge in [0.25, 0.3) is 5.91 Å². The lowest BCUT2D eigenvalue weighted by molar-refractivity contribution is -0.0652. The zero-order valence-electron chi connectivity index (χ0n) is 15.4. The second-order valence-corrected chi connectivity index (χ2v) is 8.08. The number of sulfonamides is 1. The van der Waals surface area contributed by atoms with E-state index in [0.29, 0.717) is 10.6 Å². The number of benzene rings is 2. The number of hydroxylamine groups is 2. The minimum atomic E-state index is -3.80. The summed E-state index contributed by atoms with van der Waals surface area (Å²) in [5.41, 5.74) is 0.898. The van der Waals surface area contributed by atoms with Gasteiger partial charge in [-0.2, -0.15) is 0 Å². The highest BCUT2D eigenvalue weighted by molar-refractivity contribution is 7.92. The van der Waals surface area contributed by atoms with Crippen molar-refractivity contribution >= 4 is 27.3 Å². The number of carbonyl (C=O) groups excluding carboxylic acids is 1. The first-order valence-electron chi connectivity index (χ1n) is 8.52. The molecule has 0 spiro atoms. The SMILES string of the molecule is CS(=O)(=O)N(c1ccc(F)cc1)c1ccnc(C(=O)N(O)Cc2ccccc2)c1. The molecule has 0 radical (unpaired) electrons. The average Bonchev–Trinajstić information content (AvgIpc) is 2.69. The minimum absolute atomic E-state index is 0.0562. The molecular formula is C20H18FN3O4S. The Kier molecular flexibility index (Phi) is 5.90. The maximum absolute atomic E-state index is 13.2. The van der Waals surface area contributed by atoms with E-state index in [9.17, 15) is 22.8 Å². The first kappa shape index (κ1) is 20.4. The third-order valence-corrected chi connectivity index (χ3v) is 5.08. The lowest BCUT2D eigenvalue weighted by Crippen LogP contribution is -2.29. The van der Waals surface area contributed by atoms with E-state index < -0.39 is 21.7 Å². The van der Waals surface area contributed by atoms with Crippen molar-refractivity contribution in [1.29, 1.82) is 0 Å². The molecule has 1 heterocycles. The quantitative estimate of drug-likeness (QED) is 0.493. The van der Waals surface area contributed by atoms with Crippen LogP contribution in [0.2, 0.25) is 0 Å². The number of nitrogens with zero attached hydrogens (tertiary/aromatic N) is 3. The number of carbonyl (C=O) groups is 1. The van der Waals surface area contributed by atoms with Gasteiger partial charge in [0.15, 0.2) is 0 Å². The summed E-state index contributed by atoms with van der Waals surface area (Å²) in [6.07, 6.45) is 2.26. The fourth-order valence-electron chi connectivity index (χ4n) is 2.73. The van der Waals surface area contributed by atoms with Crippen LogP contribution in [0, 0.1) is 5.82 Å². The van der Waals surface area contributed by atoms with Crippen molar-refractivity contribution in [2.24, 2.45) is 0 Å². The van der Waals surface area contributed by atoms with Crippen LogP contribution < -0.4 is 4.31 Å². The van der Waals surface area contributed by atoms with Gasteiger partial charge in [-0.25, -0.2) is 22.2 Å². The van der Waals surface area contributed by atoms with E-state index in [1.807, 2.05) is 6.07 Å². The molecule has 7 nitrogen and oxygen atoms in total. The van der Waals surface area contributed by atoms with Crippen LogP contribution in [-0.2, 0) is 16.6 Å². The minimum Gasteiger partial charge on any atom is -0.285 e. The molecule has 9 heteroatoms. The first-order valence-corrected chi connectivity index (χ1v) is 10.4. The Morgan fingerprint density at radius 1 is 1.03 bits per heavy atom. The third-order valence-electron chi connectivity index (χ3n) is 4.00. The van der Waals surface area contributed by atoms with Gasteiger partial charge in [0.05, 0.1) is 24.2 Å². The van der Waals surface area contributed by atoms with Crippen LogP contribution in [0.4, 0.5) is 15.8 Å². The molecule has 3 aromatic rings.